The molecule has 2 saturated heterocycles. The van der Waals surface area contributed by atoms with Crippen LogP contribution in [-0.2, 0) is 20.1 Å². The van der Waals surface area contributed by atoms with Gasteiger partial charge in [-0.1, -0.05) is 0 Å². The Morgan fingerprint density at radius 1 is 1.35 bits per heavy atom. The van der Waals surface area contributed by atoms with Gasteiger partial charge in [0.2, 0.25) is 11.9 Å². The van der Waals surface area contributed by atoms with E-state index in [1.165, 1.54) is 0 Å². The first-order valence-electron chi connectivity index (χ1n) is 6.66. The van der Waals surface area contributed by atoms with E-state index in [1.807, 2.05) is 11.8 Å². The van der Waals surface area contributed by atoms with E-state index in [2.05, 4.69) is 10.1 Å². The number of nitrogen functional groups attached to an aromatic ring is 1. The molecule has 112 valence electrons. The highest BCUT2D eigenvalue weighted by molar-refractivity contribution is 7.91. The number of nitrogens with two attached hydrogens (primary N) is 1. The molecule has 1 unspecified atom stereocenters. The highest BCUT2D eigenvalue weighted by Crippen LogP contribution is 2.32. The molecule has 3 rings (SSSR count). The van der Waals surface area contributed by atoms with Gasteiger partial charge in [0.1, 0.15) is 0 Å². The molecule has 1 aromatic rings. The molecule has 2 aliphatic heterocycles. The van der Waals surface area contributed by atoms with Gasteiger partial charge in [0, 0.05) is 13.1 Å². The lowest BCUT2D eigenvalue weighted by Crippen LogP contribution is -2.37. The second-order valence-electron chi connectivity index (χ2n) is 5.62. The van der Waals surface area contributed by atoms with Crippen molar-refractivity contribution in [2.75, 3.05) is 48.4 Å². The van der Waals surface area contributed by atoms with Gasteiger partial charge in [-0.15, -0.1) is 5.10 Å². The molecule has 2 fully saturated rings. The smallest absolute Gasteiger partial charge is 0.246 e. The maximum Gasteiger partial charge on any atom is 0.246 e. The molecule has 1 atom stereocenters. The Bertz CT molecular complexity index is 608. The summed E-state index contributed by atoms with van der Waals surface area (Å²) < 4.78 is 30.3. The first-order chi connectivity index (χ1) is 9.40. The quantitative estimate of drug-likeness (QED) is 0.765. The molecule has 9 heteroatoms. The van der Waals surface area contributed by atoms with Crippen molar-refractivity contribution in [2.45, 2.75) is 18.9 Å². The van der Waals surface area contributed by atoms with E-state index < -0.39 is 15.4 Å². The number of hydrogen-bond acceptors (Lipinski definition) is 7. The highest BCUT2D eigenvalue weighted by Gasteiger charge is 2.42. The Labute approximate surface area is 117 Å². The zero-order chi connectivity index (χ0) is 14.4. The van der Waals surface area contributed by atoms with Crippen molar-refractivity contribution >= 4 is 21.7 Å². The average Bonchev–Trinajstić information content (AvgIpc) is 2.92. The third-order valence-electron chi connectivity index (χ3n) is 3.91. The second kappa shape index (κ2) is 4.59. The minimum Gasteiger partial charge on any atom is -0.378 e. The molecule has 20 heavy (non-hydrogen) atoms. The van der Waals surface area contributed by atoms with Crippen LogP contribution in [0.2, 0.25) is 0 Å². The van der Waals surface area contributed by atoms with Crippen LogP contribution in [0.5, 0.6) is 0 Å². The van der Waals surface area contributed by atoms with Crippen molar-refractivity contribution < 1.29 is 13.2 Å². The summed E-state index contributed by atoms with van der Waals surface area (Å²) in [7, 11) is -3.01. The molecule has 2 N–H and O–H groups in total. The van der Waals surface area contributed by atoms with E-state index in [4.69, 9.17) is 10.5 Å². The largest absolute Gasteiger partial charge is 0.378 e. The monoisotopic (exact) mass is 301 g/mol. The lowest BCUT2D eigenvalue weighted by Gasteiger charge is -2.26. The number of sulfone groups is 1. The van der Waals surface area contributed by atoms with Crippen LogP contribution in [0.25, 0.3) is 0 Å². The number of morpholine rings is 1. The van der Waals surface area contributed by atoms with Crippen LogP contribution in [-0.4, -0.2) is 61.0 Å². The predicted molar refractivity (Wildman–Crippen MR) is 74.4 cm³/mol. The average molecular weight is 301 g/mol. The third-order valence-corrected chi connectivity index (χ3v) is 5.80. The standard InChI is InChI=1S/C11H19N5O3S/c1-11(2-7-20(17,18)8-11)16-9(12)13-10(14-16)15-3-5-19-6-4-15/h2-8H2,1H3,(H2,12,13,14). The number of hydrogen-bond donors (Lipinski definition) is 1. The number of rotatable bonds is 2. The van der Waals surface area contributed by atoms with Crippen LogP contribution in [0.3, 0.4) is 0 Å². The van der Waals surface area contributed by atoms with Gasteiger partial charge in [0.25, 0.3) is 0 Å². The fraction of sp³-hybridized carbons (Fsp3) is 0.818. The van der Waals surface area contributed by atoms with Crippen molar-refractivity contribution in [3.05, 3.63) is 0 Å². The normalized spacial score (nSPS) is 29.8. The van der Waals surface area contributed by atoms with Gasteiger partial charge >= 0.3 is 0 Å². The summed E-state index contributed by atoms with van der Waals surface area (Å²) in [5.41, 5.74) is 5.34. The van der Waals surface area contributed by atoms with Gasteiger partial charge in [0.05, 0.1) is 30.3 Å². The van der Waals surface area contributed by atoms with Crippen LogP contribution in [0.4, 0.5) is 11.9 Å². The maximum atomic E-state index is 11.7. The lowest BCUT2D eigenvalue weighted by molar-refractivity contribution is 0.122. The zero-order valence-corrected chi connectivity index (χ0v) is 12.3. The maximum absolute atomic E-state index is 11.7. The first kappa shape index (κ1) is 13.6. The van der Waals surface area contributed by atoms with Gasteiger partial charge in [-0.3, -0.25) is 0 Å². The van der Waals surface area contributed by atoms with Crippen molar-refractivity contribution in [2.24, 2.45) is 0 Å². The van der Waals surface area contributed by atoms with E-state index in [9.17, 15) is 8.42 Å². The van der Waals surface area contributed by atoms with Crippen molar-refractivity contribution in [1.29, 1.82) is 0 Å². The van der Waals surface area contributed by atoms with Crippen molar-refractivity contribution in [3.8, 4) is 0 Å². The molecular formula is C11H19N5O3S. The SMILES string of the molecule is CC1(n2nc(N3CCOCC3)nc2N)CCS(=O)(=O)C1. The van der Waals surface area contributed by atoms with Crippen LogP contribution in [0.15, 0.2) is 0 Å². The molecule has 0 bridgehead atoms. The predicted octanol–water partition coefficient (Wildman–Crippen LogP) is -0.769. The summed E-state index contributed by atoms with van der Waals surface area (Å²) in [6.07, 6.45) is 0.519. The molecule has 2 aliphatic rings. The molecule has 8 nitrogen and oxygen atoms in total. The van der Waals surface area contributed by atoms with E-state index in [1.54, 1.807) is 4.68 Å². The summed E-state index contributed by atoms with van der Waals surface area (Å²) in [6, 6.07) is 0. The number of ether oxygens (including phenoxy) is 1. The number of nitrogens with zero attached hydrogens (tertiary/aromatic N) is 4. The Morgan fingerprint density at radius 2 is 2.05 bits per heavy atom. The first-order valence-corrected chi connectivity index (χ1v) is 8.48. The molecule has 3 heterocycles. The summed E-state index contributed by atoms with van der Waals surface area (Å²) >= 11 is 0. The highest BCUT2D eigenvalue weighted by atomic mass is 32.2. The third kappa shape index (κ3) is 2.35. The van der Waals surface area contributed by atoms with Crippen LogP contribution in [0.1, 0.15) is 13.3 Å². The fourth-order valence-electron chi connectivity index (χ4n) is 2.77. The number of anilines is 2. The second-order valence-corrected chi connectivity index (χ2v) is 7.80. The summed E-state index contributed by atoms with van der Waals surface area (Å²) in [6.45, 7) is 4.59. The zero-order valence-electron chi connectivity index (χ0n) is 11.4. The van der Waals surface area contributed by atoms with Gasteiger partial charge in [-0.25, -0.2) is 13.1 Å². The lowest BCUT2D eigenvalue weighted by atomic mass is 10.0. The van der Waals surface area contributed by atoms with Crippen LogP contribution >= 0.6 is 0 Å². The molecule has 1 aromatic heterocycles. The molecule has 0 spiro atoms. The molecule has 0 amide bonds. The van der Waals surface area contributed by atoms with Crippen molar-refractivity contribution in [3.63, 3.8) is 0 Å². The Kier molecular flexibility index (Phi) is 3.13. The molecular weight excluding hydrogens is 282 g/mol. The van der Waals surface area contributed by atoms with E-state index in [-0.39, 0.29) is 17.5 Å². The topological polar surface area (TPSA) is 103 Å². The van der Waals surface area contributed by atoms with Crippen LogP contribution < -0.4 is 10.6 Å². The van der Waals surface area contributed by atoms with E-state index in [0.29, 0.717) is 25.6 Å². The van der Waals surface area contributed by atoms with Crippen LogP contribution in [0, 0.1) is 0 Å². The summed E-state index contributed by atoms with van der Waals surface area (Å²) in [4.78, 5) is 6.28. The Hall–Kier alpha value is -1.35. The Balaban J connectivity index is 1.89. The summed E-state index contributed by atoms with van der Waals surface area (Å²) in [5, 5.41) is 4.44. The van der Waals surface area contributed by atoms with Gasteiger partial charge in [-0.05, 0) is 13.3 Å². The fourth-order valence-corrected chi connectivity index (χ4v) is 4.88. The molecule has 0 radical (unpaired) electrons. The molecule has 0 aromatic carbocycles. The van der Waals surface area contributed by atoms with E-state index in [0.717, 1.165) is 13.1 Å². The number of aromatic nitrogens is 3. The van der Waals surface area contributed by atoms with Gasteiger partial charge in [-0.2, -0.15) is 4.98 Å². The minimum atomic E-state index is -3.01. The molecule has 0 aliphatic carbocycles. The molecule has 0 saturated carbocycles. The summed E-state index contributed by atoms with van der Waals surface area (Å²) in [5.74, 6) is 1.06. The minimum absolute atomic E-state index is 0.0656. The van der Waals surface area contributed by atoms with Gasteiger partial charge < -0.3 is 15.4 Å². The van der Waals surface area contributed by atoms with Gasteiger partial charge in [0.15, 0.2) is 9.84 Å². The van der Waals surface area contributed by atoms with E-state index >= 15 is 0 Å². The Morgan fingerprint density at radius 3 is 2.65 bits per heavy atom. The van der Waals surface area contributed by atoms with Crippen molar-refractivity contribution in [1.82, 2.24) is 14.8 Å².